The standard InChI is InChI=1S/C13H26ClNO2S/c1-11(2)18(16,17)9-8-15-13(10-14)6-4-12(3)5-7-13/h11-12,15H,4-10H2,1-3H3. The van der Waals surface area contributed by atoms with Crippen LogP contribution in [0.4, 0.5) is 0 Å². The van der Waals surface area contributed by atoms with Crippen LogP contribution in [0.5, 0.6) is 0 Å². The first-order valence-electron chi connectivity index (χ1n) is 6.84. The second-order valence-corrected chi connectivity index (χ2v) is 8.88. The molecule has 0 saturated heterocycles. The zero-order valence-electron chi connectivity index (χ0n) is 11.7. The van der Waals surface area contributed by atoms with Crippen LogP contribution in [0.2, 0.25) is 0 Å². The van der Waals surface area contributed by atoms with Crippen molar-refractivity contribution in [2.75, 3.05) is 18.2 Å². The van der Waals surface area contributed by atoms with Gasteiger partial charge in [-0.25, -0.2) is 8.42 Å². The van der Waals surface area contributed by atoms with E-state index in [0.717, 1.165) is 18.8 Å². The summed E-state index contributed by atoms with van der Waals surface area (Å²) in [4.78, 5) is 0. The zero-order chi connectivity index (χ0) is 13.8. The molecule has 0 spiro atoms. The van der Waals surface area contributed by atoms with Gasteiger partial charge in [0.15, 0.2) is 9.84 Å². The van der Waals surface area contributed by atoms with E-state index in [0.29, 0.717) is 12.4 Å². The summed E-state index contributed by atoms with van der Waals surface area (Å²) in [6.45, 7) is 6.24. The van der Waals surface area contributed by atoms with Crippen molar-refractivity contribution in [1.82, 2.24) is 5.32 Å². The fraction of sp³-hybridized carbons (Fsp3) is 1.00. The minimum atomic E-state index is -2.95. The topological polar surface area (TPSA) is 46.2 Å². The Labute approximate surface area is 117 Å². The lowest BCUT2D eigenvalue weighted by atomic mass is 9.78. The van der Waals surface area contributed by atoms with Crippen LogP contribution in [0.1, 0.15) is 46.5 Å². The Morgan fingerprint density at radius 1 is 1.33 bits per heavy atom. The summed E-state index contributed by atoms with van der Waals surface area (Å²) < 4.78 is 23.5. The fourth-order valence-electron chi connectivity index (χ4n) is 2.37. The van der Waals surface area contributed by atoms with E-state index in [-0.39, 0.29) is 16.5 Å². The molecule has 3 nitrogen and oxygen atoms in total. The molecule has 0 amide bonds. The highest BCUT2D eigenvalue weighted by atomic mass is 35.5. The van der Waals surface area contributed by atoms with Gasteiger partial charge in [-0.2, -0.15) is 0 Å². The molecule has 0 aromatic carbocycles. The molecule has 0 atom stereocenters. The molecule has 1 aliphatic carbocycles. The highest BCUT2D eigenvalue weighted by Crippen LogP contribution is 2.32. The Morgan fingerprint density at radius 2 is 1.89 bits per heavy atom. The van der Waals surface area contributed by atoms with Crippen LogP contribution in [0, 0.1) is 5.92 Å². The first kappa shape index (κ1) is 16.3. The van der Waals surface area contributed by atoms with Crippen molar-refractivity contribution in [3.05, 3.63) is 0 Å². The van der Waals surface area contributed by atoms with Gasteiger partial charge < -0.3 is 5.32 Å². The predicted octanol–water partition coefficient (Wildman–Crippen LogP) is 2.59. The van der Waals surface area contributed by atoms with Gasteiger partial charge in [0.05, 0.1) is 11.0 Å². The van der Waals surface area contributed by atoms with Crippen molar-refractivity contribution in [2.45, 2.75) is 57.2 Å². The second kappa shape index (κ2) is 6.58. The molecule has 1 fully saturated rings. The van der Waals surface area contributed by atoms with Crippen LogP contribution in [0.3, 0.4) is 0 Å². The minimum absolute atomic E-state index is 0.0411. The lowest BCUT2D eigenvalue weighted by molar-refractivity contribution is 0.221. The lowest BCUT2D eigenvalue weighted by Crippen LogP contribution is -2.51. The number of hydrogen-bond acceptors (Lipinski definition) is 3. The summed E-state index contributed by atoms with van der Waals surface area (Å²) in [5.41, 5.74) is -0.0411. The average molecular weight is 296 g/mol. The number of hydrogen-bond donors (Lipinski definition) is 1. The number of nitrogens with one attached hydrogen (secondary N) is 1. The number of sulfone groups is 1. The van der Waals surface area contributed by atoms with Crippen LogP contribution < -0.4 is 5.32 Å². The van der Waals surface area contributed by atoms with Gasteiger partial charge in [-0.1, -0.05) is 6.92 Å². The molecule has 0 bridgehead atoms. The van der Waals surface area contributed by atoms with Gasteiger partial charge in [-0.15, -0.1) is 11.6 Å². The quantitative estimate of drug-likeness (QED) is 0.766. The van der Waals surface area contributed by atoms with E-state index in [2.05, 4.69) is 12.2 Å². The van der Waals surface area contributed by atoms with Crippen molar-refractivity contribution in [1.29, 1.82) is 0 Å². The van der Waals surface area contributed by atoms with Crippen LogP contribution in [0.25, 0.3) is 0 Å². The summed E-state index contributed by atoms with van der Waals surface area (Å²) in [6.07, 6.45) is 4.46. The third-order valence-electron chi connectivity index (χ3n) is 4.09. The van der Waals surface area contributed by atoms with Crippen LogP contribution in [0.15, 0.2) is 0 Å². The maximum absolute atomic E-state index is 11.7. The van der Waals surface area contributed by atoms with Crippen molar-refractivity contribution in [2.24, 2.45) is 5.92 Å². The van der Waals surface area contributed by atoms with E-state index in [1.54, 1.807) is 13.8 Å². The third-order valence-corrected chi connectivity index (χ3v) is 6.81. The normalized spacial score (nSPS) is 29.7. The molecule has 1 aliphatic rings. The van der Waals surface area contributed by atoms with Gasteiger partial charge in [-0.3, -0.25) is 0 Å². The fourth-order valence-corrected chi connectivity index (χ4v) is 3.59. The van der Waals surface area contributed by atoms with E-state index >= 15 is 0 Å². The van der Waals surface area contributed by atoms with Gasteiger partial charge >= 0.3 is 0 Å². The van der Waals surface area contributed by atoms with Gasteiger partial charge in [-0.05, 0) is 45.4 Å². The molecule has 1 rings (SSSR count). The van der Waals surface area contributed by atoms with Crippen LogP contribution in [-0.4, -0.2) is 37.4 Å². The van der Waals surface area contributed by atoms with Crippen molar-refractivity contribution >= 4 is 21.4 Å². The van der Waals surface area contributed by atoms with E-state index in [9.17, 15) is 8.42 Å². The van der Waals surface area contributed by atoms with Crippen LogP contribution >= 0.6 is 11.6 Å². The smallest absolute Gasteiger partial charge is 0.153 e. The Balaban J connectivity index is 2.46. The lowest BCUT2D eigenvalue weighted by Gasteiger charge is -2.39. The summed E-state index contributed by atoms with van der Waals surface area (Å²) in [6, 6.07) is 0. The molecule has 1 N–H and O–H groups in total. The van der Waals surface area contributed by atoms with E-state index in [1.807, 2.05) is 0 Å². The first-order valence-corrected chi connectivity index (χ1v) is 9.09. The summed E-state index contributed by atoms with van der Waals surface area (Å²) in [5.74, 6) is 1.54. The molecule has 5 heteroatoms. The molecule has 0 aromatic heterocycles. The highest BCUT2D eigenvalue weighted by molar-refractivity contribution is 7.92. The van der Waals surface area contributed by atoms with Crippen molar-refractivity contribution in [3.63, 3.8) is 0 Å². The molecular formula is C13H26ClNO2S. The minimum Gasteiger partial charge on any atom is -0.309 e. The Kier molecular flexibility index (Phi) is 5.94. The van der Waals surface area contributed by atoms with Gasteiger partial charge in [0.25, 0.3) is 0 Å². The average Bonchev–Trinajstić information content (AvgIpc) is 2.32. The van der Waals surface area contributed by atoms with Gasteiger partial charge in [0.2, 0.25) is 0 Å². The first-order chi connectivity index (χ1) is 8.31. The Hall–Kier alpha value is 0.200. The van der Waals surface area contributed by atoms with Gasteiger partial charge in [0, 0.05) is 18.0 Å². The molecule has 0 heterocycles. The number of rotatable bonds is 6. The molecule has 0 unspecified atom stereocenters. The van der Waals surface area contributed by atoms with Crippen LogP contribution in [-0.2, 0) is 9.84 Å². The zero-order valence-corrected chi connectivity index (χ0v) is 13.3. The molecule has 18 heavy (non-hydrogen) atoms. The molecule has 1 saturated carbocycles. The molecule has 0 radical (unpaired) electrons. The van der Waals surface area contributed by atoms with Crippen molar-refractivity contribution in [3.8, 4) is 0 Å². The Morgan fingerprint density at radius 3 is 2.33 bits per heavy atom. The number of halogens is 1. The van der Waals surface area contributed by atoms with E-state index in [1.165, 1.54) is 12.8 Å². The monoisotopic (exact) mass is 295 g/mol. The highest BCUT2D eigenvalue weighted by Gasteiger charge is 2.33. The maximum atomic E-state index is 11.7. The molecule has 0 aliphatic heterocycles. The van der Waals surface area contributed by atoms with Crippen molar-refractivity contribution < 1.29 is 8.42 Å². The van der Waals surface area contributed by atoms with Gasteiger partial charge in [0.1, 0.15) is 0 Å². The van der Waals surface area contributed by atoms with E-state index < -0.39 is 9.84 Å². The third kappa shape index (κ3) is 4.39. The Bertz CT molecular complexity index is 346. The summed E-state index contributed by atoms with van der Waals surface area (Å²) in [7, 11) is -2.95. The maximum Gasteiger partial charge on any atom is 0.153 e. The summed E-state index contributed by atoms with van der Waals surface area (Å²) in [5, 5.41) is 3.11. The number of alkyl halides is 1. The molecular weight excluding hydrogens is 270 g/mol. The predicted molar refractivity (Wildman–Crippen MR) is 78.0 cm³/mol. The molecule has 0 aromatic rings. The SMILES string of the molecule is CC1CCC(CCl)(NCCS(=O)(=O)C(C)C)CC1. The van der Waals surface area contributed by atoms with E-state index in [4.69, 9.17) is 11.6 Å². The second-order valence-electron chi connectivity index (χ2n) is 5.94. The molecule has 108 valence electrons. The summed E-state index contributed by atoms with van der Waals surface area (Å²) >= 11 is 6.09. The largest absolute Gasteiger partial charge is 0.309 e.